The van der Waals surface area contributed by atoms with Gasteiger partial charge in [0.15, 0.2) is 17.0 Å². The molecule has 1 aromatic carbocycles. The minimum absolute atomic E-state index is 0.0783. The van der Waals surface area contributed by atoms with E-state index < -0.39 is 10.0 Å². The van der Waals surface area contributed by atoms with E-state index in [0.29, 0.717) is 23.5 Å². The second-order valence-corrected chi connectivity index (χ2v) is 6.21. The van der Waals surface area contributed by atoms with Gasteiger partial charge < -0.3 is 5.32 Å². The van der Waals surface area contributed by atoms with E-state index in [1.54, 1.807) is 23.9 Å². The van der Waals surface area contributed by atoms with Crippen LogP contribution in [0.3, 0.4) is 0 Å². The van der Waals surface area contributed by atoms with Crippen LogP contribution in [0.4, 0.5) is 5.82 Å². The van der Waals surface area contributed by atoms with Gasteiger partial charge in [-0.05, 0) is 17.7 Å². The molecular weight excluding hydrogens is 306 g/mol. The van der Waals surface area contributed by atoms with Gasteiger partial charge in [-0.2, -0.15) is 0 Å². The molecular formula is C12H13N7O2S. The van der Waals surface area contributed by atoms with Crippen molar-refractivity contribution >= 4 is 27.0 Å². The molecule has 0 amide bonds. The summed E-state index contributed by atoms with van der Waals surface area (Å²) in [7, 11) is -1.93. The molecule has 9 nitrogen and oxygen atoms in total. The summed E-state index contributed by atoms with van der Waals surface area (Å²) in [5.41, 5.74) is 2.08. The van der Waals surface area contributed by atoms with E-state index in [-0.39, 0.29) is 4.90 Å². The molecule has 3 rings (SSSR count). The minimum atomic E-state index is -3.67. The number of fused-ring (bicyclic) bond motifs is 1. The first-order valence-electron chi connectivity index (χ1n) is 6.31. The maximum absolute atomic E-state index is 11.2. The first-order valence-corrected chi connectivity index (χ1v) is 7.86. The number of aryl methyl sites for hydroxylation is 1. The van der Waals surface area contributed by atoms with Gasteiger partial charge in [0.25, 0.3) is 0 Å². The van der Waals surface area contributed by atoms with E-state index >= 15 is 0 Å². The normalized spacial score (nSPS) is 11.7. The summed E-state index contributed by atoms with van der Waals surface area (Å²) in [5, 5.41) is 16.1. The van der Waals surface area contributed by atoms with Crippen molar-refractivity contribution in [3.05, 3.63) is 36.2 Å². The number of primary sulfonamides is 1. The number of hydrogen-bond donors (Lipinski definition) is 2. The molecule has 0 aliphatic rings. The highest BCUT2D eigenvalue weighted by molar-refractivity contribution is 7.89. The lowest BCUT2D eigenvalue weighted by atomic mass is 10.2. The van der Waals surface area contributed by atoms with Crippen molar-refractivity contribution in [2.45, 2.75) is 11.4 Å². The molecule has 0 unspecified atom stereocenters. The van der Waals surface area contributed by atoms with E-state index in [0.717, 1.165) is 5.56 Å². The van der Waals surface area contributed by atoms with Gasteiger partial charge in [-0.25, -0.2) is 28.2 Å². The van der Waals surface area contributed by atoms with Gasteiger partial charge in [-0.15, -0.1) is 5.10 Å². The van der Waals surface area contributed by atoms with Gasteiger partial charge in [-0.1, -0.05) is 17.3 Å². The third-order valence-electron chi connectivity index (χ3n) is 3.10. The molecule has 0 fully saturated rings. The Morgan fingerprint density at radius 1 is 1.23 bits per heavy atom. The zero-order valence-corrected chi connectivity index (χ0v) is 12.4. The van der Waals surface area contributed by atoms with Crippen molar-refractivity contribution in [2.75, 3.05) is 5.32 Å². The molecule has 22 heavy (non-hydrogen) atoms. The van der Waals surface area contributed by atoms with Crippen molar-refractivity contribution in [1.29, 1.82) is 0 Å². The fourth-order valence-electron chi connectivity index (χ4n) is 1.96. The molecule has 0 radical (unpaired) electrons. The molecule has 10 heteroatoms. The summed E-state index contributed by atoms with van der Waals surface area (Å²) < 4.78 is 24.0. The van der Waals surface area contributed by atoms with E-state index in [1.165, 1.54) is 18.5 Å². The Bertz CT molecular complexity index is 918. The summed E-state index contributed by atoms with van der Waals surface area (Å²) in [5.74, 6) is 0.564. The largest absolute Gasteiger partial charge is 0.364 e. The molecule has 0 spiro atoms. The molecule has 0 aliphatic carbocycles. The number of benzene rings is 1. The second-order valence-electron chi connectivity index (χ2n) is 4.65. The van der Waals surface area contributed by atoms with Crippen molar-refractivity contribution in [1.82, 2.24) is 25.0 Å². The summed E-state index contributed by atoms with van der Waals surface area (Å²) in [6.45, 7) is 0.452. The lowest BCUT2D eigenvalue weighted by Crippen LogP contribution is -2.12. The van der Waals surface area contributed by atoms with Crippen LogP contribution in [0.2, 0.25) is 0 Å². The lowest BCUT2D eigenvalue weighted by molar-refractivity contribution is 0.598. The average molecular weight is 319 g/mol. The van der Waals surface area contributed by atoms with Gasteiger partial charge in [-0.3, -0.25) is 0 Å². The number of nitrogens with one attached hydrogen (secondary N) is 1. The van der Waals surface area contributed by atoms with Crippen LogP contribution >= 0.6 is 0 Å². The molecule has 3 aromatic rings. The molecule has 114 valence electrons. The van der Waals surface area contributed by atoms with Crippen molar-refractivity contribution in [3.8, 4) is 0 Å². The van der Waals surface area contributed by atoms with Gasteiger partial charge >= 0.3 is 0 Å². The molecule has 3 N–H and O–H groups in total. The van der Waals surface area contributed by atoms with Crippen molar-refractivity contribution in [3.63, 3.8) is 0 Å². The van der Waals surface area contributed by atoms with Crippen LogP contribution in [-0.4, -0.2) is 33.4 Å². The Labute approximate surface area is 126 Å². The maximum atomic E-state index is 11.2. The standard InChI is InChI=1S/C12H13N7O2S/c1-19-12-10(17-18-19)11(15-7-16-12)14-6-8-2-4-9(5-3-8)22(13,20)21/h2-5,7H,6H2,1H3,(H2,13,20,21)(H,14,15,16). The van der Waals surface area contributed by atoms with Crippen LogP contribution in [-0.2, 0) is 23.6 Å². The van der Waals surface area contributed by atoms with E-state index in [1.807, 2.05) is 0 Å². The molecule has 0 saturated carbocycles. The monoisotopic (exact) mass is 319 g/mol. The minimum Gasteiger partial charge on any atom is -0.364 e. The Balaban J connectivity index is 1.79. The van der Waals surface area contributed by atoms with Gasteiger partial charge in [0.05, 0.1) is 4.90 Å². The first-order chi connectivity index (χ1) is 10.4. The zero-order valence-electron chi connectivity index (χ0n) is 11.6. The highest BCUT2D eigenvalue weighted by Crippen LogP contribution is 2.16. The first kappa shape index (κ1) is 14.4. The van der Waals surface area contributed by atoms with E-state index in [2.05, 4.69) is 25.6 Å². The average Bonchev–Trinajstić information content (AvgIpc) is 2.87. The highest BCUT2D eigenvalue weighted by atomic mass is 32.2. The molecule has 0 atom stereocenters. The van der Waals surface area contributed by atoms with Crippen LogP contribution in [0.15, 0.2) is 35.5 Å². The fourth-order valence-corrected chi connectivity index (χ4v) is 2.48. The van der Waals surface area contributed by atoms with Crippen LogP contribution in [0.25, 0.3) is 11.2 Å². The second kappa shape index (κ2) is 5.31. The molecule has 2 aromatic heterocycles. The zero-order chi connectivity index (χ0) is 15.7. The molecule has 0 aliphatic heterocycles. The third kappa shape index (κ3) is 2.73. The van der Waals surface area contributed by atoms with Crippen LogP contribution < -0.4 is 10.5 Å². The van der Waals surface area contributed by atoms with Crippen LogP contribution in [0.1, 0.15) is 5.56 Å². The summed E-state index contributed by atoms with van der Waals surface area (Å²) in [6.07, 6.45) is 1.43. The fraction of sp³-hybridized carbons (Fsp3) is 0.167. The van der Waals surface area contributed by atoms with Crippen molar-refractivity contribution < 1.29 is 8.42 Å². The van der Waals surface area contributed by atoms with E-state index in [9.17, 15) is 8.42 Å². The molecule has 2 heterocycles. The number of rotatable bonds is 4. The Morgan fingerprint density at radius 2 is 1.95 bits per heavy atom. The summed E-state index contributed by atoms with van der Waals surface area (Å²) in [4.78, 5) is 8.32. The molecule has 0 saturated heterocycles. The number of aromatic nitrogens is 5. The Hall–Kier alpha value is -2.59. The topological polar surface area (TPSA) is 129 Å². The number of nitrogens with zero attached hydrogens (tertiary/aromatic N) is 5. The summed E-state index contributed by atoms with van der Waals surface area (Å²) >= 11 is 0. The van der Waals surface area contributed by atoms with Gasteiger partial charge in [0.1, 0.15) is 6.33 Å². The SMILES string of the molecule is Cn1nnc2c(NCc3ccc(S(N)(=O)=O)cc3)ncnc21. The Kier molecular flexibility index (Phi) is 3.47. The smallest absolute Gasteiger partial charge is 0.238 e. The van der Waals surface area contributed by atoms with Gasteiger partial charge in [0, 0.05) is 13.6 Å². The van der Waals surface area contributed by atoms with Gasteiger partial charge in [0.2, 0.25) is 10.0 Å². The predicted molar refractivity (Wildman–Crippen MR) is 79.2 cm³/mol. The summed E-state index contributed by atoms with van der Waals surface area (Å²) in [6, 6.07) is 6.29. The van der Waals surface area contributed by atoms with Crippen LogP contribution in [0, 0.1) is 0 Å². The molecule has 0 bridgehead atoms. The lowest BCUT2D eigenvalue weighted by Gasteiger charge is -2.06. The number of anilines is 1. The van der Waals surface area contributed by atoms with E-state index in [4.69, 9.17) is 5.14 Å². The number of nitrogens with two attached hydrogens (primary N) is 1. The highest BCUT2D eigenvalue weighted by Gasteiger charge is 2.10. The quantitative estimate of drug-likeness (QED) is 0.693. The number of hydrogen-bond acceptors (Lipinski definition) is 7. The number of sulfonamides is 1. The maximum Gasteiger partial charge on any atom is 0.238 e. The predicted octanol–water partition coefficient (Wildman–Crippen LogP) is 0.0178. The van der Waals surface area contributed by atoms with Crippen LogP contribution in [0.5, 0.6) is 0 Å². The van der Waals surface area contributed by atoms with Crippen molar-refractivity contribution in [2.24, 2.45) is 12.2 Å². The third-order valence-corrected chi connectivity index (χ3v) is 4.03. The Morgan fingerprint density at radius 3 is 2.64 bits per heavy atom.